The van der Waals surface area contributed by atoms with Crippen molar-refractivity contribution in [3.05, 3.63) is 83.3 Å². The van der Waals surface area contributed by atoms with Gasteiger partial charge in [-0.05, 0) is 37.6 Å². The minimum atomic E-state index is -0.925. The van der Waals surface area contributed by atoms with Gasteiger partial charge in [0.15, 0.2) is 0 Å². The summed E-state index contributed by atoms with van der Waals surface area (Å²) in [7, 11) is 0. The lowest BCUT2D eigenvalue weighted by Crippen LogP contribution is -2.45. The van der Waals surface area contributed by atoms with Gasteiger partial charge in [-0.3, -0.25) is 25.2 Å². The van der Waals surface area contributed by atoms with Gasteiger partial charge in [0.25, 0.3) is 5.78 Å². The summed E-state index contributed by atoms with van der Waals surface area (Å²) in [5.41, 5.74) is 8.23. The number of amides is 2. The molecule has 2 heterocycles. The molecule has 0 saturated heterocycles. The second-order valence-corrected chi connectivity index (χ2v) is 7.16. The Bertz CT molecular complexity index is 1290. The van der Waals surface area contributed by atoms with E-state index in [4.69, 9.17) is 0 Å². The summed E-state index contributed by atoms with van der Waals surface area (Å²) >= 11 is 0. The van der Waals surface area contributed by atoms with Crippen LogP contribution in [0.1, 0.15) is 27.3 Å². The van der Waals surface area contributed by atoms with Crippen molar-refractivity contribution in [2.45, 2.75) is 20.3 Å². The number of carbonyl (C=O) groups excluding carboxylic acids is 3. The van der Waals surface area contributed by atoms with Crippen LogP contribution in [0.25, 0.3) is 16.6 Å². The normalized spacial score (nSPS) is 10.8. The Labute approximate surface area is 178 Å². The Morgan fingerprint density at radius 1 is 0.968 bits per heavy atom. The summed E-state index contributed by atoms with van der Waals surface area (Å²) in [6.07, 6.45) is 1.81. The van der Waals surface area contributed by atoms with Crippen LogP contribution < -0.4 is 10.9 Å². The molecule has 4 rings (SSSR count). The van der Waals surface area contributed by atoms with E-state index in [0.717, 1.165) is 22.2 Å². The molecule has 31 heavy (non-hydrogen) atoms. The van der Waals surface area contributed by atoms with Gasteiger partial charge in [0, 0.05) is 17.1 Å². The Morgan fingerprint density at radius 2 is 1.68 bits per heavy atom. The highest BCUT2D eigenvalue weighted by atomic mass is 16.2. The number of hydrazine groups is 1. The van der Waals surface area contributed by atoms with Gasteiger partial charge in [-0.2, -0.15) is 5.10 Å². The van der Waals surface area contributed by atoms with Crippen molar-refractivity contribution in [2.75, 3.05) is 0 Å². The monoisotopic (exact) mass is 415 g/mol. The Balaban J connectivity index is 1.43. The lowest BCUT2D eigenvalue weighted by molar-refractivity contribution is -0.126. The van der Waals surface area contributed by atoms with Crippen molar-refractivity contribution in [1.29, 1.82) is 0 Å². The van der Waals surface area contributed by atoms with Crippen LogP contribution in [0.5, 0.6) is 0 Å². The lowest BCUT2D eigenvalue weighted by atomic mass is 10.1. The van der Waals surface area contributed by atoms with E-state index < -0.39 is 17.6 Å². The quantitative estimate of drug-likeness (QED) is 0.264. The summed E-state index contributed by atoms with van der Waals surface area (Å²) in [5.74, 6) is -2.12. The van der Waals surface area contributed by atoms with Gasteiger partial charge in [0.1, 0.15) is 0 Å². The van der Waals surface area contributed by atoms with E-state index in [0.29, 0.717) is 11.4 Å². The molecule has 0 saturated carbocycles. The number of H-pyrrole nitrogens is 1. The molecule has 0 bridgehead atoms. The van der Waals surface area contributed by atoms with E-state index >= 15 is 0 Å². The van der Waals surface area contributed by atoms with Gasteiger partial charge < -0.3 is 4.98 Å². The number of aryl methyl sites for hydroxylation is 1. The van der Waals surface area contributed by atoms with Crippen molar-refractivity contribution in [1.82, 2.24) is 25.6 Å². The number of ketones is 1. The molecule has 0 atom stereocenters. The number of rotatable bonds is 5. The first-order chi connectivity index (χ1) is 15.0. The second kappa shape index (κ2) is 8.27. The zero-order valence-electron chi connectivity index (χ0n) is 17.1. The highest BCUT2D eigenvalue weighted by molar-refractivity contribution is 6.43. The summed E-state index contributed by atoms with van der Waals surface area (Å²) in [6, 6.07) is 16.9. The van der Waals surface area contributed by atoms with Crippen LogP contribution in [0.15, 0.2) is 60.8 Å². The molecule has 2 aromatic heterocycles. The minimum absolute atomic E-state index is 0.0580. The lowest BCUT2D eigenvalue weighted by Gasteiger charge is -2.07. The number of hydrogen-bond donors (Lipinski definition) is 3. The van der Waals surface area contributed by atoms with Crippen molar-refractivity contribution in [3.8, 4) is 5.69 Å². The fourth-order valence-electron chi connectivity index (χ4n) is 3.58. The Hall–Kier alpha value is -4.20. The first-order valence-electron chi connectivity index (χ1n) is 9.76. The fourth-order valence-corrected chi connectivity index (χ4v) is 3.58. The van der Waals surface area contributed by atoms with Crippen LogP contribution in [-0.4, -0.2) is 32.4 Å². The molecule has 0 aliphatic heterocycles. The van der Waals surface area contributed by atoms with E-state index in [1.807, 2.05) is 54.6 Å². The number of hydrogen-bond acceptors (Lipinski definition) is 4. The zero-order chi connectivity index (χ0) is 22.0. The number of fused-ring (bicyclic) bond motifs is 1. The number of nitrogens with zero attached hydrogens (tertiary/aromatic N) is 2. The first kappa shape index (κ1) is 20.1. The third-order valence-corrected chi connectivity index (χ3v) is 5.07. The number of carbonyl (C=O) groups is 3. The molecule has 0 fully saturated rings. The predicted molar refractivity (Wildman–Crippen MR) is 116 cm³/mol. The highest BCUT2D eigenvalue weighted by Gasteiger charge is 2.25. The molecule has 4 aromatic rings. The molecule has 8 heteroatoms. The molecule has 156 valence electrons. The van der Waals surface area contributed by atoms with Crippen LogP contribution in [0.4, 0.5) is 0 Å². The van der Waals surface area contributed by atoms with E-state index in [9.17, 15) is 14.4 Å². The van der Waals surface area contributed by atoms with Gasteiger partial charge in [-0.25, -0.2) is 4.68 Å². The van der Waals surface area contributed by atoms with Gasteiger partial charge >= 0.3 is 5.91 Å². The maximum Gasteiger partial charge on any atom is 0.310 e. The van der Waals surface area contributed by atoms with Gasteiger partial charge in [0.05, 0.1) is 29.1 Å². The summed E-state index contributed by atoms with van der Waals surface area (Å²) in [4.78, 5) is 40.5. The minimum Gasteiger partial charge on any atom is -0.361 e. The number of aromatic amines is 1. The summed E-state index contributed by atoms with van der Waals surface area (Å²) < 4.78 is 1.62. The molecular formula is C23H21N5O3. The van der Waals surface area contributed by atoms with Crippen LogP contribution in [-0.2, 0) is 16.0 Å². The van der Waals surface area contributed by atoms with Crippen LogP contribution >= 0.6 is 0 Å². The fraction of sp³-hybridized carbons (Fsp3) is 0.130. The highest BCUT2D eigenvalue weighted by Crippen LogP contribution is 2.19. The standard InChI is InChI=1S/C23H21N5O3/c1-14-21(15(2)28(27-14)17-8-4-3-5-9-17)22(30)23(31)26-25-20(29)12-16-13-24-19-11-7-6-10-18(16)19/h3-11,13,24H,12H2,1-2H3,(H,25,29)(H,26,31). The van der Waals surface area contributed by atoms with Crippen molar-refractivity contribution in [2.24, 2.45) is 0 Å². The molecule has 2 aromatic carbocycles. The number of benzene rings is 2. The smallest absolute Gasteiger partial charge is 0.310 e. The maximum atomic E-state index is 12.7. The molecule has 0 radical (unpaired) electrons. The van der Waals surface area contributed by atoms with E-state index in [2.05, 4.69) is 20.9 Å². The number of nitrogens with one attached hydrogen (secondary N) is 3. The third kappa shape index (κ3) is 3.95. The second-order valence-electron chi connectivity index (χ2n) is 7.16. The number of Topliss-reactive ketones (excluding diaryl/α,β-unsaturated/α-hetero) is 1. The molecule has 0 unspecified atom stereocenters. The molecule has 0 aliphatic rings. The largest absolute Gasteiger partial charge is 0.361 e. The van der Waals surface area contributed by atoms with E-state index in [1.165, 1.54) is 0 Å². The predicted octanol–water partition coefficient (Wildman–Crippen LogP) is 2.54. The van der Waals surface area contributed by atoms with Crippen LogP contribution in [0.2, 0.25) is 0 Å². The summed E-state index contributed by atoms with van der Waals surface area (Å²) in [5, 5.41) is 5.31. The SMILES string of the molecule is Cc1nn(-c2ccccc2)c(C)c1C(=O)C(=O)NNC(=O)Cc1c[nH]c2ccccc12. The Morgan fingerprint density at radius 3 is 2.45 bits per heavy atom. The molecule has 0 spiro atoms. The summed E-state index contributed by atoms with van der Waals surface area (Å²) in [6.45, 7) is 3.39. The molecule has 8 nitrogen and oxygen atoms in total. The number of para-hydroxylation sites is 2. The topological polar surface area (TPSA) is 109 Å². The van der Waals surface area contributed by atoms with E-state index in [1.54, 1.807) is 24.7 Å². The first-order valence-corrected chi connectivity index (χ1v) is 9.76. The molecule has 0 aliphatic carbocycles. The van der Waals surface area contributed by atoms with Crippen molar-refractivity contribution >= 4 is 28.5 Å². The maximum absolute atomic E-state index is 12.7. The van der Waals surface area contributed by atoms with Crippen molar-refractivity contribution in [3.63, 3.8) is 0 Å². The Kier molecular flexibility index (Phi) is 5.36. The average Bonchev–Trinajstić information content (AvgIpc) is 3.32. The average molecular weight is 415 g/mol. The van der Waals surface area contributed by atoms with Crippen molar-refractivity contribution < 1.29 is 14.4 Å². The molecule has 2 amide bonds. The van der Waals surface area contributed by atoms with Gasteiger partial charge in [0.2, 0.25) is 5.91 Å². The van der Waals surface area contributed by atoms with Crippen LogP contribution in [0.3, 0.4) is 0 Å². The van der Waals surface area contributed by atoms with Gasteiger partial charge in [-0.15, -0.1) is 0 Å². The number of aromatic nitrogens is 3. The van der Waals surface area contributed by atoms with Gasteiger partial charge in [-0.1, -0.05) is 36.4 Å². The van der Waals surface area contributed by atoms with Crippen LogP contribution in [0, 0.1) is 13.8 Å². The third-order valence-electron chi connectivity index (χ3n) is 5.07. The molecular weight excluding hydrogens is 394 g/mol. The zero-order valence-corrected chi connectivity index (χ0v) is 17.1. The van der Waals surface area contributed by atoms with E-state index in [-0.39, 0.29) is 12.0 Å². The molecule has 3 N–H and O–H groups in total.